The summed E-state index contributed by atoms with van der Waals surface area (Å²) >= 11 is 1.84. The minimum Gasteiger partial charge on any atom is -0.354 e. The Balaban J connectivity index is 0.00000218. The second-order valence-corrected chi connectivity index (χ2v) is 9.22. The lowest BCUT2D eigenvalue weighted by Gasteiger charge is -2.31. The van der Waals surface area contributed by atoms with E-state index < -0.39 is 0 Å². The molecule has 0 amide bonds. The van der Waals surface area contributed by atoms with Crippen LogP contribution in [0.5, 0.6) is 0 Å². The summed E-state index contributed by atoms with van der Waals surface area (Å²) in [6.45, 7) is 5.56. The molecule has 5 rings (SSSR count). The number of fused-ring (bicyclic) bond motifs is 2. The maximum Gasteiger partial charge on any atom is 0.0529 e. The largest absolute Gasteiger partial charge is 0.354 e. The molecule has 5 heteroatoms. The highest BCUT2D eigenvalue weighted by Gasteiger charge is 2.20. The number of hydrogen-bond donors (Lipinski definition) is 2. The Hall–Kier alpha value is -1.98. The summed E-state index contributed by atoms with van der Waals surface area (Å²) in [4.78, 5) is 4.98. The molecule has 3 nitrogen and oxygen atoms in total. The fourth-order valence-corrected chi connectivity index (χ4v) is 5.22. The Morgan fingerprint density at radius 2 is 1.67 bits per heavy atom. The van der Waals surface area contributed by atoms with Crippen LogP contribution in [0, 0.1) is 0 Å². The molecule has 0 bridgehead atoms. The van der Waals surface area contributed by atoms with Gasteiger partial charge in [0.2, 0.25) is 0 Å². The third-order valence-electron chi connectivity index (χ3n) is 6.10. The minimum absolute atomic E-state index is 0. The first kappa shape index (κ1) is 21.3. The first-order valence-electron chi connectivity index (χ1n) is 10.4. The van der Waals surface area contributed by atoms with Crippen molar-refractivity contribution < 1.29 is 0 Å². The van der Waals surface area contributed by atoms with Gasteiger partial charge in [0.25, 0.3) is 0 Å². The zero-order chi connectivity index (χ0) is 19.8. The fourth-order valence-electron chi connectivity index (χ4n) is 4.26. The van der Waals surface area contributed by atoms with Crippen LogP contribution in [-0.4, -0.2) is 31.6 Å². The first-order valence-corrected chi connectivity index (χ1v) is 11.2. The summed E-state index contributed by atoms with van der Waals surface area (Å²) in [6, 6.07) is 25.0. The van der Waals surface area contributed by atoms with Crippen molar-refractivity contribution in [3.05, 3.63) is 83.4 Å². The molecule has 1 fully saturated rings. The van der Waals surface area contributed by atoms with Gasteiger partial charge in [0.1, 0.15) is 0 Å². The molecule has 156 valence electrons. The first-order chi connectivity index (χ1) is 14.2. The molecular weight excluding hydrogens is 410 g/mol. The van der Waals surface area contributed by atoms with Crippen molar-refractivity contribution in [3.63, 3.8) is 0 Å². The van der Waals surface area contributed by atoms with E-state index >= 15 is 0 Å². The molecule has 2 aliphatic rings. The number of likely N-dealkylation sites (N-methyl/N-ethyl adjacent to an activating group) is 1. The molecule has 2 unspecified atom stereocenters. The van der Waals surface area contributed by atoms with Gasteiger partial charge in [-0.3, -0.25) is 0 Å². The predicted molar refractivity (Wildman–Crippen MR) is 130 cm³/mol. The molecule has 0 aliphatic carbocycles. The monoisotopic (exact) mass is 437 g/mol. The van der Waals surface area contributed by atoms with Gasteiger partial charge in [0.05, 0.1) is 11.4 Å². The van der Waals surface area contributed by atoms with Crippen molar-refractivity contribution in [2.45, 2.75) is 28.7 Å². The van der Waals surface area contributed by atoms with Crippen LogP contribution in [0.25, 0.3) is 0 Å². The van der Waals surface area contributed by atoms with E-state index in [-0.39, 0.29) is 12.4 Å². The van der Waals surface area contributed by atoms with Crippen LogP contribution in [0.3, 0.4) is 0 Å². The van der Waals surface area contributed by atoms with Gasteiger partial charge in [-0.05, 0) is 48.0 Å². The van der Waals surface area contributed by atoms with E-state index in [1.54, 1.807) is 0 Å². The molecule has 3 aromatic carbocycles. The van der Waals surface area contributed by atoms with Gasteiger partial charge in [-0.25, -0.2) is 0 Å². The van der Waals surface area contributed by atoms with Crippen molar-refractivity contribution in [2.75, 3.05) is 32.0 Å². The van der Waals surface area contributed by atoms with E-state index in [4.69, 9.17) is 0 Å². The smallest absolute Gasteiger partial charge is 0.0529 e. The number of benzene rings is 3. The molecule has 30 heavy (non-hydrogen) atoms. The zero-order valence-corrected chi connectivity index (χ0v) is 19.0. The molecule has 0 spiro atoms. The Kier molecular flexibility index (Phi) is 6.40. The number of anilines is 2. The third-order valence-corrected chi connectivity index (χ3v) is 7.25. The predicted octanol–water partition coefficient (Wildman–Crippen LogP) is 6.04. The molecule has 0 radical (unpaired) electrons. The van der Waals surface area contributed by atoms with E-state index in [1.165, 1.54) is 37.9 Å². The average Bonchev–Trinajstić information content (AvgIpc) is 2.77. The Morgan fingerprint density at radius 3 is 2.47 bits per heavy atom. The van der Waals surface area contributed by atoms with E-state index in [0.717, 1.165) is 19.6 Å². The topological polar surface area (TPSA) is 27.3 Å². The quantitative estimate of drug-likeness (QED) is 0.408. The Morgan fingerprint density at radius 1 is 0.933 bits per heavy atom. The SMILES string of the molecule is CC(c1ccc(C2CN(C)CCN2)cc1)c1ccc2c(c1)Nc1ccccc1S2.Cl. The van der Waals surface area contributed by atoms with E-state index in [9.17, 15) is 0 Å². The maximum absolute atomic E-state index is 3.64. The summed E-state index contributed by atoms with van der Waals surface area (Å²) in [7, 11) is 2.20. The Bertz CT molecular complexity index is 1020. The molecule has 1 saturated heterocycles. The lowest BCUT2D eigenvalue weighted by Crippen LogP contribution is -2.43. The molecule has 0 aromatic heterocycles. The van der Waals surface area contributed by atoms with Gasteiger partial charge in [-0.2, -0.15) is 0 Å². The minimum atomic E-state index is 0. The summed E-state index contributed by atoms with van der Waals surface area (Å²) in [5.74, 6) is 0.361. The van der Waals surface area contributed by atoms with Gasteiger partial charge in [-0.1, -0.05) is 61.2 Å². The fraction of sp³-hybridized carbons (Fsp3) is 0.280. The molecule has 2 atom stereocenters. The van der Waals surface area contributed by atoms with Crippen molar-refractivity contribution in [3.8, 4) is 0 Å². The average molecular weight is 438 g/mol. The van der Waals surface area contributed by atoms with Crippen LogP contribution in [0.1, 0.15) is 35.6 Å². The molecule has 2 aliphatic heterocycles. The second-order valence-electron chi connectivity index (χ2n) is 8.14. The van der Waals surface area contributed by atoms with Crippen molar-refractivity contribution in [1.29, 1.82) is 0 Å². The molecule has 2 heterocycles. The number of hydrogen-bond acceptors (Lipinski definition) is 4. The summed E-state index contributed by atoms with van der Waals surface area (Å²) in [5.41, 5.74) is 6.50. The third kappa shape index (κ3) is 4.23. The highest BCUT2D eigenvalue weighted by molar-refractivity contribution is 7.99. The van der Waals surface area contributed by atoms with Gasteiger partial charge < -0.3 is 15.5 Å². The van der Waals surface area contributed by atoms with E-state index in [1.807, 2.05) is 11.8 Å². The molecule has 0 saturated carbocycles. The Labute approximate surface area is 189 Å². The van der Waals surface area contributed by atoms with Crippen LogP contribution < -0.4 is 10.6 Å². The van der Waals surface area contributed by atoms with Crippen LogP contribution in [-0.2, 0) is 0 Å². The van der Waals surface area contributed by atoms with Crippen LogP contribution in [0.15, 0.2) is 76.5 Å². The number of rotatable bonds is 3. The molecule has 3 aromatic rings. The summed E-state index contributed by atoms with van der Waals surface area (Å²) in [6.07, 6.45) is 0. The summed E-state index contributed by atoms with van der Waals surface area (Å²) < 4.78 is 0. The highest BCUT2D eigenvalue weighted by atomic mass is 35.5. The summed E-state index contributed by atoms with van der Waals surface area (Å²) in [5, 5.41) is 7.25. The van der Waals surface area contributed by atoms with Crippen molar-refractivity contribution in [1.82, 2.24) is 10.2 Å². The lowest BCUT2D eigenvalue weighted by molar-refractivity contribution is 0.241. The number of piperazine rings is 1. The second kappa shape index (κ2) is 9.03. The number of nitrogens with zero attached hydrogens (tertiary/aromatic N) is 1. The lowest BCUT2D eigenvalue weighted by atomic mass is 9.91. The van der Waals surface area contributed by atoms with Gasteiger partial charge in [0.15, 0.2) is 0 Å². The van der Waals surface area contributed by atoms with Crippen LogP contribution in [0.4, 0.5) is 11.4 Å². The van der Waals surface area contributed by atoms with Crippen molar-refractivity contribution in [2.24, 2.45) is 0 Å². The zero-order valence-electron chi connectivity index (χ0n) is 17.4. The number of para-hydroxylation sites is 1. The van der Waals surface area contributed by atoms with E-state index in [0.29, 0.717) is 12.0 Å². The normalized spacial score (nSPS) is 19.1. The van der Waals surface area contributed by atoms with Crippen LogP contribution >= 0.6 is 24.2 Å². The van der Waals surface area contributed by atoms with Crippen LogP contribution in [0.2, 0.25) is 0 Å². The maximum atomic E-state index is 3.64. The standard InChI is InChI=1S/C25H27N3S.ClH/c1-17(18-7-9-19(10-8-18)23-16-28(2)14-13-26-23)20-11-12-25-22(15-20)27-21-5-3-4-6-24(21)29-25;/h3-12,15,17,23,26-27H,13-14,16H2,1-2H3;1H. The van der Waals surface area contributed by atoms with Crippen molar-refractivity contribution >= 4 is 35.5 Å². The van der Waals surface area contributed by atoms with Gasteiger partial charge >= 0.3 is 0 Å². The number of halogens is 1. The molecule has 2 N–H and O–H groups in total. The number of nitrogens with one attached hydrogen (secondary N) is 2. The highest BCUT2D eigenvalue weighted by Crippen LogP contribution is 2.45. The van der Waals surface area contributed by atoms with Gasteiger partial charge in [-0.15, -0.1) is 12.4 Å². The molecular formula is C25H28ClN3S. The van der Waals surface area contributed by atoms with E-state index in [2.05, 4.69) is 96.2 Å². The van der Waals surface area contributed by atoms with Gasteiger partial charge in [0, 0.05) is 41.4 Å².